The molecule has 1 atom stereocenters. The van der Waals surface area contributed by atoms with E-state index in [0.29, 0.717) is 51.0 Å². The third-order valence-corrected chi connectivity index (χ3v) is 9.09. The van der Waals surface area contributed by atoms with Crippen LogP contribution in [0.1, 0.15) is 49.4 Å². The summed E-state index contributed by atoms with van der Waals surface area (Å²) in [6.45, 7) is 4.86. The van der Waals surface area contributed by atoms with Gasteiger partial charge in [0.15, 0.2) is 15.8 Å². The number of rotatable bonds is 12. The summed E-state index contributed by atoms with van der Waals surface area (Å²) in [7, 11) is 0. The monoisotopic (exact) mass is 635 g/mol. The van der Waals surface area contributed by atoms with Crippen molar-refractivity contribution in [3.63, 3.8) is 0 Å². The van der Waals surface area contributed by atoms with Crippen molar-refractivity contribution in [1.29, 1.82) is 0 Å². The van der Waals surface area contributed by atoms with Gasteiger partial charge in [0.05, 0.1) is 24.8 Å². The molecule has 1 fully saturated rings. The maximum atomic E-state index is 13.6. The highest BCUT2D eigenvalue weighted by Gasteiger charge is 2.48. The minimum absolute atomic E-state index is 0.0666. The lowest BCUT2D eigenvalue weighted by Crippen LogP contribution is -2.29. The first-order valence-electron chi connectivity index (χ1n) is 13.9. The van der Waals surface area contributed by atoms with Crippen molar-refractivity contribution >= 4 is 57.3 Å². The second-order valence-electron chi connectivity index (χ2n) is 9.64. The lowest BCUT2D eigenvalue weighted by molar-refractivity contribution is -0.132. The Labute approximate surface area is 263 Å². The number of halogens is 1. The Bertz CT molecular complexity index is 1630. The fourth-order valence-electron chi connectivity index (χ4n) is 4.59. The molecule has 0 radical (unpaired) electrons. The summed E-state index contributed by atoms with van der Waals surface area (Å²) >= 11 is 8.76. The van der Waals surface area contributed by atoms with Crippen LogP contribution in [-0.4, -0.2) is 40.2 Å². The molecule has 1 unspecified atom stereocenters. The number of amides is 1. The van der Waals surface area contributed by atoms with Gasteiger partial charge in [-0.3, -0.25) is 14.5 Å². The van der Waals surface area contributed by atoms with Crippen LogP contribution in [0.15, 0.2) is 82.7 Å². The molecule has 1 N–H and O–H groups in total. The van der Waals surface area contributed by atoms with Crippen molar-refractivity contribution in [3.8, 4) is 11.5 Å². The van der Waals surface area contributed by atoms with Gasteiger partial charge in [-0.1, -0.05) is 84.4 Å². The molecule has 0 spiro atoms. The molecular weight excluding hydrogens is 606 g/mol. The normalized spacial score (nSPS) is 16.1. The Morgan fingerprint density at radius 3 is 2.49 bits per heavy atom. The molecule has 1 saturated heterocycles. The van der Waals surface area contributed by atoms with Gasteiger partial charge in [0, 0.05) is 16.3 Å². The summed E-state index contributed by atoms with van der Waals surface area (Å²) < 4.78 is 12.5. The van der Waals surface area contributed by atoms with E-state index in [9.17, 15) is 14.7 Å². The number of carbonyl (C=O) groups excluding carboxylic acids is 2. The number of aromatic nitrogens is 2. The molecule has 4 aromatic rings. The molecule has 5 rings (SSSR count). The highest BCUT2D eigenvalue weighted by atomic mass is 35.5. The molecule has 3 aromatic carbocycles. The number of hydrogen-bond donors (Lipinski definition) is 1. The number of Topliss-reactive ketones (excluding diaryl/α,β-unsaturated/α-hetero) is 1. The van der Waals surface area contributed by atoms with Gasteiger partial charge in [-0.15, -0.1) is 10.2 Å². The van der Waals surface area contributed by atoms with E-state index < -0.39 is 17.7 Å². The van der Waals surface area contributed by atoms with Gasteiger partial charge in [-0.05, 0) is 60.9 Å². The number of ether oxygens (including phenoxy) is 2. The van der Waals surface area contributed by atoms with E-state index in [4.69, 9.17) is 21.1 Å². The zero-order valence-corrected chi connectivity index (χ0v) is 26.0. The maximum absolute atomic E-state index is 13.6. The molecule has 43 heavy (non-hydrogen) atoms. The number of nitrogens with zero attached hydrogens (tertiary/aromatic N) is 3. The number of anilines is 1. The van der Waals surface area contributed by atoms with Crippen molar-refractivity contribution in [2.24, 2.45) is 0 Å². The first-order chi connectivity index (χ1) is 20.9. The lowest BCUT2D eigenvalue weighted by atomic mass is 9.95. The van der Waals surface area contributed by atoms with Gasteiger partial charge in [0.2, 0.25) is 5.13 Å². The van der Waals surface area contributed by atoms with Gasteiger partial charge in [0.1, 0.15) is 5.76 Å². The molecule has 0 aliphatic carbocycles. The molecule has 2 heterocycles. The first kappa shape index (κ1) is 30.6. The van der Waals surface area contributed by atoms with E-state index in [2.05, 4.69) is 17.1 Å². The standard InChI is InChI=1S/C32H30ClN3O5S2/c1-3-5-17-41-24-16-13-22(18-25(24)40-4-2)27-26(28(37)21-11-14-23(33)15-12-21)29(38)30(39)36(27)31-34-35-32(43-31)42-19-20-9-7-6-8-10-20/h6-16,18,27,37H,3-5,17,19H2,1-2H3/b28-26+. The Balaban J connectivity index is 1.57. The van der Waals surface area contributed by atoms with Crippen LogP contribution in [0.3, 0.4) is 0 Å². The summed E-state index contributed by atoms with van der Waals surface area (Å²) in [4.78, 5) is 28.5. The van der Waals surface area contributed by atoms with Crippen LogP contribution in [0, 0.1) is 0 Å². The summed E-state index contributed by atoms with van der Waals surface area (Å²) in [6, 6.07) is 20.7. The molecular formula is C32H30ClN3O5S2. The Kier molecular flexibility index (Phi) is 10.0. The predicted octanol–water partition coefficient (Wildman–Crippen LogP) is 7.69. The number of aliphatic hydroxyl groups is 1. The SMILES string of the molecule is CCCCOc1ccc(C2/C(=C(\O)c3ccc(Cl)cc3)C(=O)C(=O)N2c2nnc(SCc3ccccc3)s2)cc1OCC. The zero-order chi connectivity index (χ0) is 30.3. The number of hydrogen-bond acceptors (Lipinski definition) is 9. The van der Waals surface area contributed by atoms with Crippen molar-refractivity contribution in [2.75, 3.05) is 18.1 Å². The fourth-order valence-corrected chi connectivity index (χ4v) is 6.54. The molecule has 222 valence electrons. The van der Waals surface area contributed by atoms with E-state index in [0.717, 1.165) is 18.4 Å². The molecule has 0 saturated carbocycles. The molecule has 8 nitrogen and oxygen atoms in total. The Hall–Kier alpha value is -3.86. The van der Waals surface area contributed by atoms with Gasteiger partial charge < -0.3 is 14.6 Å². The lowest BCUT2D eigenvalue weighted by Gasteiger charge is -2.23. The molecule has 1 amide bonds. The molecule has 1 aliphatic rings. The van der Waals surface area contributed by atoms with Crippen LogP contribution in [0.25, 0.3) is 5.76 Å². The zero-order valence-electron chi connectivity index (χ0n) is 23.7. The molecule has 0 bridgehead atoms. The average molecular weight is 636 g/mol. The number of unbranched alkanes of at least 4 members (excludes halogenated alkanes) is 1. The largest absolute Gasteiger partial charge is 0.507 e. The van der Waals surface area contributed by atoms with Gasteiger partial charge in [-0.25, -0.2) is 0 Å². The van der Waals surface area contributed by atoms with Gasteiger partial charge in [-0.2, -0.15) is 0 Å². The van der Waals surface area contributed by atoms with E-state index in [1.165, 1.54) is 28.0 Å². The fraction of sp³-hybridized carbons (Fsp3) is 0.250. The summed E-state index contributed by atoms with van der Waals surface area (Å²) in [6.07, 6.45) is 1.87. The van der Waals surface area contributed by atoms with E-state index in [1.54, 1.807) is 42.5 Å². The number of benzene rings is 3. The predicted molar refractivity (Wildman–Crippen MR) is 170 cm³/mol. The van der Waals surface area contributed by atoms with Crippen molar-refractivity contribution < 1.29 is 24.2 Å². The molecule has 1 aromatic heterocycles. The van der Waals surface area contributed by atoms with Gasteiger partial charge >= 0.3 is 5.91 Å². The van der Waals surface area contributed by atoms with Crippen LogP contribution < -0.4 is 14.4 Å². The molecule has 1 aliphatic heterocycles. The van der Waals surface area contributed by atoms with Crippen LogP contribution in [0.2, 0.25) is 5.02 Å². The highest BCUT2D eigenvalue weighted by Crippen LogP contribution is 2.45. The topological polar surface area (TPSA) is 102 Å². The van der Waals surface area contributed by atoms with E-state index >= 15 is 0 Å². The third-order valence-electron chi connectivity index (χ3n) is 6.71. The van der Waals surface area contributed by atoms with Crippen LogP contribution in [-0.2, 0) is 15.3 Å². The Morgan fingerprint density at radius 1 is 1.00 bits per heavy atom. The smallest absolute Gasteiger partial charge is 0.301 e. The van der Waals surface area contributed by atoms with Crippen molar-refractivity contribution in [1.82, 2.24) is 10.2 Å². The van der Waals surface area contributed by atoms with E-state index in [1.807, 2.05) is 37.3 Å². The minimum atomic E-state index is -0.987. The number of carbonyl (C=O) groups is 2. The molecule has 11 heteroatoms. The number of ketones is 1. The van der Waals surface area contributed by atoms with Gasteiger partial charge in [0.25, 0.3) is 5.78 Å². The highest BCUT2D eigenvalue weighted by molar-refractivity contribution is 8.00. The number of thioether (sulfide) groups is 1. The number of aliphatic hydroxyl groups excluding tert-OH is 1. The van der Waals surface area contributed by atoms with Crippen LogP contribution in [0.4, 0.5) is 5.13 Å². The summed E-state index contributed by atoms with van der Waals surface area (Å²) in [5, 5.41) is 20.7. The van der Waals surface area contributed by atoms with Crippen molar-refractivity contribution in [3.05, 3.63) is 100 Å². The summed E-state index contributed by atoms with van der Waals surface area (Å²) in [5.41, 5.74) is 1.96. The van der Waals surface area contributed by atoms with E-state index in [-0.39, 0.29) is 16.5 Å². The van der Waals surface area contributed by atoms with Crippen LogP contribution >= 0.6 is 34.7 Å². The minimum Gasteiger partial charge on any atom is -0.507 e. The second-order valence-corrected chi connectivity index (χ2v) is 12.3. The second kappa shape index (κ2) is 14.1. The van der Waals surface area contributed by atoms with Crippen molar-refractivity contribution in [2.45, 2.75) is 42.8 Å². The summed E-state index contributed by atoms with van der Waals surface area (Å²) in [5.74, 6) is -0.239. The van der Waals surface area contributed by atoms with Crippen LogP contribution in [0.5, 0.6) is 11.5 Å². The third kappa shape index (κ3) is 6.87. The quantitative estimate of drug-likeness (QED) is 0.0422. The Morgan fingerprint density at radius 2 is 1.77 bits per heavy atom. The maximum Gasteiger partial charge on any atom is 0.301 e. The average Bonchev–Trinajstić information content (AvgIpc) is 3.59. The first-order valence-corrected chi connectivity index (χ1v) is 16.1.